The van der Waals surface area contributed by atoms with Gasteiger partial charge in [-0.1, -0.05) is 6.92 Å². The van der Waals surface area contributed by atoms with E-state index in [1.807, 2.05) is 0 Å². The zero-order valence-electron chi connectivity index (χ0n) is 3.20. The molecule has 0 aromatic heterocycles. The predicted octanol–water partition coefficient (Wildman–Crippen LogP) is -4.01. The Labute approximate surface area is 68.2 Å². The van der Waals surface area contributed by atoms with Crippen molar-refractivity contribution < 1.29 is 17.5 Å². The third-order valence-electron chi connectivity index (χ3n) is 0. The fourth-order valence-corrected chi connectivity index (χ4v) is 0. The fraction of sp³-hybridized carbons (Fsp3) is 1.00. The Morgan fingerprint density at radius 1 is 1.60 bits per heavy atom. The molecule has 0 aromatic rings. The van der Waals surface area contributed by atoms with Gasteiger partial charge < -0.3 is 17.5 Å². The Morgan fingerprint density at radius 3 is 1.60 bits per heavy atom. The molecule has 0 aromatic carbocycles. The molecule has 0 aliphatic heterocycles. The normalized spacial score (nSPS) is 3.60. The van der Waals surface area contributed by atoms with Crippen molar-refractivity contribution in [1.29, 1.82) is 0 Å². The summed E-state index contributed by atoms with van der Waals surface area (Å²) in [5, 5.41) is 8.93. The summed E-state index contributed by atoms with van der Waals surface area (Å²) in [6, 6.07) is 0. The molecule has 0 saturated heterocycles. The van der Waals surface area contributed by atoms with E-state index < -0.39 is 0 Å². The quantitative estimate of drug-likeness (QED) is 0.299. The van der Waals surface area contributed by atoms with Crippen molar-refractivity contribution in [2.45, 2.75) is 6.92 Å². The Balaban J connectivity index is -0.0000000200. The molecule has 0 spiro atoms. The van der Waals surface area contributed by atoms with Crippen molar-refractivity contribution in [3.63, 3.8) is 0 Å². The van der Waals surface area contributed by atoms with Crippen LogP contribution in [-0.4, -0.2) is 44.3 Å². The molecule has 3 heteroatoms. The molecule has 28 valence electrons. The third-order valence-corrected chi connectivity index (χ3v) is 0. The van der Waals surface area contributed by atoms with Crippen LogP contribution in [0.25, 0.3) is 0 Å². The van der Waals surface area contributed by atoms with E-state index >= 15 is 0 Å². The van der Waals surface area contributed by atoms with E-state index in [2.05, 4.69) is 0 Å². The van der Waals surface area contributed by atoms with Crippen LogP contribution in [0.3, 0.4) is 0 Å². The summed E-state index contributed by atoms with van der Waals surface area (Å²) in [5.41, 5.74) is 0. The van der Waals surface area contributed by atoms with Crippen molar-refractivity contribution in [2.75, 3.05) is 6.61 Å². The maximum absolute atomic E-state index is 8.93. The molecule has 0 amide bonds. The molecule has 0 saturated carbocycles. The molecule has 0 aliphatic rings. The van der Waals surface area contributed by atoms with Gasteiger partial charge in [-0.15, -0.1) is 6.61 Å². The Hall–Kier alpha value is 1.51. The van der Waals surface area contributed by atoms with Crippen LogP contribution < -0.4 is 17.5 Å². The van der Waals surface area contributed by atoms with Crippen LogP contribution in [-0.2, 0) is 0 Å². The first kappa shape index (κ1) is 16.0. The van der Waals surface area contributed by atoms with Crippen molar-refractivity contribution in [3.8, 4) is 0 Å². The van der Waals surface area contributed by atoms with Crippen LogP contribution in [0.5, 0.6) is 0 Å². The van der Waals surface area contributed by atoms with E-state index in [-0.39, 0.29) is 56.8 Å². The van der Waals surface area contributed by atoms with Gasteiger partial charge in [-0.05, 0) is 0 Å². The summed E-state index contributed by atoms with van der Waals surface area (Å²) in [5.74, 6) is 0. The second-order valence-electron chi connectivity index (χ2n) is 0.289. The Bertz CT molecular complexity index is 9.61. The molecule has 0 atom stereocenters. The fourth-order valence-electron chi connectivity index (χ4n) is 0. The minimum Gasteiger partial charge on any atom is -1.00 e. The second kappa shape index (κ2) is 17.8. The molecule has 0 bridgehead atoms. The van der Waals surface area contributed by atoms with Crippen LogP contribution in [0, 0.1) is 0 Å². The molecule has 0 fully saturated rings. The van der Waals surface area contributed by atoms with Crippen LogP contribution in [0.15, 0.2) is 0 Å². The molecule has 1 nitrogen and oxygen atoms in total. The van der Waals surface area contributed by atoms with E-state index in [1.165, 1.54) is 0 Å². The van der Waals surface area contributed by atoms with E-state index in [4.69, 9.17) is 5.11 Å². The van der Waals surface area contributed by atoms with E-state index in [9.17, 15) is 0 Å². The summed E-state index contributed by atoms with van der Waals surface area (Å²) >= 11 is 0. The minimum absolute atomic E-state index is 0. The van der Waals surface area contributed by atoms with Gasteiger partial charge in [0.25, 0.3) is 0 Å². The van der Waals surface area contributed by atoms with Gasteiger partial charge in [0.2, 0.25) is 0 Å². The molecular weight excluding hydrogens is 116 g/mol. The van der Waals surface area contributed by atoms with Crippen LogP contribution in [0.4, 0.5) is 0 Å². The van der Waals surface area contributed by atoms with E-state index in [0.29, 0.717) is 0 Å². The topological polar surface area (TPSA) is 23.1 Å². The van der Waals surface area contributed by atoms with Gasteiger partial charge in [-0.2, -0.15) is 0 Å². The molecule has 0 rings (SSSR count). The first-order valence-corrected chi connectivity index (χ1v) is 0.996. The Morgan fingerprint density at radius 2 is 1.60 bits per heavy atom. The average molecular weight is 121 g/mol. The second-order valence-corrected chi connectivity index (χ2v) is 0.289. The van der Waals surface area contributed by atoms with Crippen LogP contribution >= 0.6 is 0 Å². The molecule has 0 aliphatic carbocycles. The molecular formula is C2H5CaClO. The van der Waals surface area contributed by atoms with E-state index in [0.717, 1.165) is 0 Å². The summed E-state index contributed by atoms with van der Waals surface area (Å²) in [6.07, 6.45) is 0. The third kappa shape index (κ3) is 29.8. The molecule has 0 unspecified atom stereocenters. The maximum Gasteiger partial charge on any atom is 2.00 e. The molecule has 0 radical (unpaired) electrons. The number of hydrogen-bond donors (Lipinski definition) is 0. The summed E-state index contributed by atoms with van der Waals surface area (Å²) in [4.78, 5) is 0. The van der Waals surface area contributed by atoms with Gasteiger partial charge in [0, 0.05) is 0 Å². The monoisotopic (exact) mass is 120 g/mol. The zero-order valence-corrected chi connectivity index (χ0v) is 6.16. The van der Waals surface area contributed by atoms with Crippen molar-refractivity contribution in [2.24, 2.45) is 0 Å². The smallest absolute Gasteiger partial charge is 1.00 e. The summed E-state index contributed by atoms with van der Waals surface area (Å²) in [6.45, 7) is 1.57. The van der Waals surface area contributed by atoms with E-state index in [1.54, 1.807) is 6.92 Å². The summed E-state index contributed by atoms with van der Waals surface area (Å²) < 4.78 is 0. The Kier molecular flexibility index (Phi) is 57.1. The minimum atomic E-state index is 0. The first-order chi connectivity index (χ1) is 1.41. The number of rotatable bonds is 0. The average Bonchev–Trinajstić information content (AvgIpc) is 0.918. The first-order valence-electron chi connectivity index (χ1n) is 0.996. The molecule has 0 heterocycles. The van der Waals surface area contributed by atoms with Gasteiger partial charge in [-0.3, -0.25) is 0 Å². The van der Waals surface area contributed by atoms with Gasteiger partial charge in [-0.25, -0.2) is 0 Å². The van der Waals surface area contributed by atoms with Crippen LogP contribution in [0.1, 0.15) is 6.92 Å². The summed E-state index contributed by atoms with van der Waals surface area (Å²) in [7, 11) is 0. The zero-order chi connectivity index (χ0) is 2.71. The van der Waals surface area contributed by atoms with Gasteiger partial charge in [0.1, 0.15) is 0 Å². The van der Waals surface area contributed by atoms with Crippen molar-refractivity contribution in [3.05, 3.63) is 0 Å². The van der Waals surface area contributed by atoms with Gasteiger partial charge in [0.05, 0.1) is 0 Å². The molecule has 5 heavy (non-hydrogen) atoms. The maximum atomic E-state index is 8.93. The van der Waals surface area contributed by atoms with Gasteiger partial charge >= 0.3 is 37.7 Å². The number of halogens is 1. The molecule has 0 N–H and O–H groups in total. The number of hydrogen-bond acceptors (Lipinski definition) is 1. The predicted molar refractivity (Wildman–Crippen MR) is 16.3 cm³/mol. The standard InChI is InChI=1S/C2H5O.Ca.ClH/c1-2-3;;/h2H2,1H3;;1H/q-1;+2;/p-1. The van der Waals surface area contributed by atoms with Crippen LogP contribution in [0.2, 0.25) is 0 Å². The van der Waals surface area contributed by atoms with Gasteiger partial charge in [0.15, 0.2) is 0 Å². The van der Waals surface area contributed by atoms with Crippen molar-refractivity contribution in [1.82, 2.24) is 0 Å². The SMILES string of the molecule is CC[O-].[Ca+2].[Cl-]. The largest absolute Gasteiger partial charge is 2.00 e. The van der Waals surface area contributed by atoms with Crippen molar-refractivity contribution >= 4 is 37.7 Å².